The van der Waals surface area contributed by atoms with Crippen molar-refractivity contribution in [3.8, 4) is 11.5 Å². The zero-order valence-corrected chi connectivity index (χ0v) is 19.5. The van der Waals surface area contributed by atoms with Gasteiger partial charge in [0.05, 0.1) is 6.20 Å². The van der Waals surface area contributed by atoms with Crippen molar-refractivity contribution in [3.05, 3.63) is 53.9 Å². The third kappa shape index (κ3) is 5.07. The van der Waals surface area contributed by atoms with Crippen LogP contribution in [0.4, 0.5) is 35.3 Å². The first kappa shape index (κ1) is 24.9. The fraction of sp³-hybridized carbons (Fsp3) is 0.238. The maximum atomic E-state index is 13.9. The van der Waals surface area contributed by atoms with Crippen molar-refractivity contribution < 1.29 is 32.2 Å². The molecular formula is C21H19ClF3N7O4. The number of aromatic nitrogens is 3. The summed E-state index contributed by atoms with van der Waals surface area (Å²) in [5, 5.41) is 10.8. The summed E-state index contributed by atoms with van der Waals surface area (Å²) in [6.07, 6.45) is -1.56. The number of nitrogens with one attached hydrogen (secondary N) is 4. The molecule has 36 heavy (non-hydrogen) atoms. The average Bonchev–Trinajstić information content (AvgIpc) is 3.19. The van der Waals surface area contributed by atoms with Crippen molar-refractivity contribution >= 4 is 40.9 Å². The number of fused-ring (bicyclic) bond motifs is 1. The Kier molecular flexibility index (Phi) is 6.54. The van der Waals surface area contributed by atoms with Gasteiger partial charge in [-0.2, -0.15) is 18.3 Å². The van der Waals surface area contributed by atoms with Crippen LogP contribution in [0.3, 0.4) is 0 Å². The number of nitrogens with zero attached hydrogens (tertiary/aromatic N) is 3. The fourth-order valence-corrected chi connectivity index (χ4v) is 3.30. The molecule has 4 rings (SSSR count). The second kappa shape index (κ2) is 9.45. The molecular weight excluding hydrogens is 507 g/mol. The lowest BCUT2D eigenvalue weighted by Crippen LogP contribution is -2.51. The van der Waals surface area contributed by atoms with Crippen molar-refractivity contribution in [2.45, 2.75) is 18.0 Å². The van der Waals surface area contributed by atoms with Crippen molar-refractivity contribution in [3.63, 3.8) is 0 Å². The van der Waals surface area contributed by atoms with E-state index in [1.165, 1.54) is 30.2 Å². The lowest BCUT2D eigenvalue weighted by atomic mass is 10.2. The fourth-order valence-electron chi connectivity index (χ4n) is 3.17. The van der Waals surface area contributed by atoms with Gasteiger partial charge in [-0.05, 0) is 41.4 Å². The molecule has 1 aromatic carbocycles. The molecule has 0 spiro atoms. The second-order valence-electron chi connectivity index (χ2n) is 7.49. The molecule has 1 atom stereocenters. The summed E-state index contributed by atoms with van der Waals surface area (Å²) in [7, 11) is 3.10. The predicted molar refractivity (Wildman–Crippen MR) is 123 cm³/mol. The number of anilines is 3. The van der Waals surface area contributed by atoms with Gasteiger partial charge in [-0.15, -0.1) is 0 Å². The maximum Gasteiger partial charge on any atom is 0.488 e. The van der Waals surface area contributed by atoms with Gasteiger partial charge >= 0.3 is 17.5 Å². The summed E-state index contributed by atoms with van der Waals surface area (Å²) in [4.78, 5) is 28.4. The van der Waals surface area contributed by atoms with E-state index in [0.29, 0.717) is 11.6 Å². The van der Waals surface area contributed by atoms with E-state index in [-0.39, 0.29) is 17.8 Å². The lowest BCUT2D eigenvalue weighted by Gasteiger charge is -2.33. The van der Waals surface area contributed by atoms with Gasteiger partial charge in [0.25, 0.3) is 5.91 Å². The summed E-state index contributed by atoms with van der Waals surface area (Å²) in [5.41, 5.74) is 1.02. The third-order valence-electron chi connectivity index (χ3n) is 4.95. The molecule has 0 fully saturated rings. The van der Waals surface area contributed by atoms with Crippen LogP contribution in [0, 0.1) is 0 Å². The number of aryl methyl sites for hydroxylation is 1. The Labute approximate surface area is 206 Å². The van der Waals surface area contributed by atoms with Gasteiger partial charge in [0.15, 0.2) is 11.5 Å². The second-order valence-corrected chi connectivity index (χ2v) is 7.98. The molecule has 1 aliphatic heterocycles. The van der Waals surface area contributed by atoms with Crippen LogP contribution in [0.2, 0.25) is 0 Å². The number of amides is 3. The molecule has 4 N–H and O–H groups in total. The Hall–Kier alpha value is -4.20. The molecule has 1 unspecified atom stereocenters. The minimum Gasteiger partial charge on any atom is -0.434 e. The number of urea groups is 1. The molecule has 11 nitrogen and oxygen atoms in total. The molecule has 3 amide bonds. The largest absolute Gasteiger partial charge is 0.488 e. The van der Waals surface area contributed by atoms with Gasteiger partial charge in [0, 0.05) is 38.6 Å². The molecule has 0 radical (unpaired) electrons. The first-order valence-corrected chi connectivity index (χ1v) is 10.7. The molecule has 1 aliphatic rings. The first-order chi connectivity index (χ1) is 17.0. The smallest absolute Gasteiger partial charge is 0.434 e. The summed E-state index contributed by atoms with van der Waals surface area (Å²) >= 11 is 5.10. The van der Waals surface area contributed by atoms with Crippen LogP contribution < -0.4 is 30.7 Å². The Balaban J connectivity index is 1.47. The van der Waals surface area contributed by atoms with Crippen LogP contribution in [0.25, 0.3) is 0 Å². The van der Waals surface area contributed by atoms with Gasteiger partial charge in [-0.1, -0.05) is 0 Å². The third-order valence-corrected chi connectivity index (χ3v) is 5.25. The van der Waals surface area contributed by atoms with Crippen molar-refractivity contribution in [2.75, 3.05) is 23.0 Å². The SMILES string of the molecule is CNC(=O)Nc1cc(CNc2c(C(=O)Nc3ccc4c(c3)OC(F)(Cl)C(F)(F)O4)cnn2C)ccn1. The molecule has 190 valence electrons. The number of benzene rings is 1. The van der Waals surface area contributed by atoms with Crippen molar-refractivity contribution in [2.24, 2.45) is 7.05 Å². The summed E-state index contributed by atoms with van der Waals surface area (Å²) in [6.45, 7) is 0.261. The van der Waals surface area contributed by atoms with Gasteiger partial charge in [-0.3, -0.25) is 14.8 Å². The van der Waals surface area contributed by atoms with Crippen LogP contribution in [0.1, 0.15) is 15.9 Å². The van der Waals surface area contributed by atoms with Crippen molar-refractivity contribution in [1.29, 1.82) is 0 Å². The maximum absolute atomic E-state index is 13.9. The van der Waals surface area contributed by atoms with Crippen LogP contribution in [-0.4, -0.2) is 45.2 Å². The number of hydrogen-bond acceptors (Lipinski definition) is 7. The van der Waals surface area contributed by atoms with E-state index < -0.39 is 34.9 Å². The first-order valence-electron chi connectivity index (χ1n) is 10.3. The van der Waals surface area contributed by atoms with Gasteiger partial charge in [0.1, 0.15) is 17.2 Å². The van der Waals surface area contributed by atoms with Gasteiger partial charge in [0.2, 0.25) is 0 Å². The molecule has 3 aromatic rings. The Morgan fingerprint density at radius 1 is 1.11 bits per heavy atom. The van der Waals surface area contributed by atoms with Gasteiger partial charge in [-0.25, -0.2) is 9.78 Å². The van der Waals surface area contributed by atoms with E-state index in [1.54, 1.807) is 19.2 Å². The normalized spacial score (nSPS) is 17.7. The molecule has 0 saturated heterocycles. The van der Waals surface area contributed by atoms with Crippen LogP contribution in [0.15, 0.2) is 42.7 Å². The predicted octanol–water partition coefficient (Wildman–Crippen LogP) is 3.66. The minimum atomic E-state index is -4.41. The standard InChI is InChI=1S/C21H19ClF3N7O4/c1-26-19(34)31-16-7-11(5-6-27-16)9-28-17-13(10-29-32(17)2)18(33)30-12-3-4-14-15(8-12)35-20(22,23)21(24,25)36-14/h3-8,10,28H,9H2,1-2H3,(H,30,33)(H2,26,27,31,34). The van der Waals surface area contributed by atoms with Crippen LogP contribution in [-0.2, 0) is 13.6 Å². The molecule has 15 heteroatoms. The van der Waals surface area contributed by atoms with E-state index in [9.17, 15) is 22.8 Å². The topological polar surface area (TPSA) is 131 Å². The summed E-state index contributed by atoms with van der Waals surface area (Å²) in [5.74, 6) is -0.757. The molecule has 2 aromatic heterocycles. The monoisotopic (exact) mass is 525 g/mol. The van der Waals surface area contributed by atoms with Crippen LogP contribution in [0.5, 0.6) is 11.5 Å². The molecule has 0 aliphatic carbocycles. The Morgan fingerprint density at radius 2 is 1.89 bits per heavy atom. The number of halogens is 4. The Morgan fingerprint density at radius 3 is 2.64 bits per heavy atom. The molecule has 0 saturated carbocycles. The highest BCUT2D eigenvalue weighted by atomic mass is 35.5. The number of carbonyl (C=O) groups is 2. The minimum absolute atomic E-state index is 0.105. The number of ether oxygens (including phenoxy) is 2. The summed E-state index contributed by atoms with van der Waals surface area (Å²) in [6, 6.07) is 6.41. The van der Waals surface area contributed by atoms with E-state index in [1.807, 2.05) is 0 Å². The van der Waals surface area contributed by atoms with E-state index in [2.05, 4.69) is 40.8 Å². The van der Waals surface area contributed by atoms with Crippen LogP contribution >= 0.6 is 11.6 Å². The lowest BCUT2D eigenvalue weighted by molar-refractivity contribution is -0.303. The van der Waals surface area contributed by atoms with E-state index in [4.69, 9.17) is 11.6 Å². The van der Waals surface area contributed by atoms with Crippen molar-refractivity contribution in [1.82, 2.24) is 20.1 Å². The van der Waals surface area contributed by atoms with Gasteiger partial charge < -0.3 is 25.4 Å². The number of alkyl halides is 4. The Bertz CT molecular complexity index is 1320. The van der Waals surface area contributed by atoms with E-state index >= 15 is 0 Å². The quantitative estimate of drug-likeness (QED) is 0.361. The highest BCUT2D eigenvalue weighted by Crippen LogP contribution is 2.48. The molecule has 0 bridgehead atoms. The molecule has 3 heterocycles. The highest BCUT2D eigenvalue weighted by molar-refractivity contribution is 6.22. The summed E-state index contributed by atoms with van der Waals surface area (Å²) < 4.78 is 51.3. The number of hydrogen-bond donors (Lipinski definition) is 4. The zero-order valence-electron chi connectivity index (χ0n) is 18.7. The average molecular weight is 526 g/mol. The van der Waals surface area contributed by atoms with E-state index in [0.717, 1.165) is 17.7 Å². The zero-order chi connectivity index (χ0) is 26.1. The number of rotatable bonds is 6. The highest BCUT2D eigenvalue weighted by Gasteiger charge is 2.63. The number of carbonyl (C=O) groups excluding carboxylic acids is 2. The number of pyridine rings is 1.